The zero-order chi connectivity index (χ0) is 19.5. The van der Waals surface area contributed by atoms with Gasteiger partial charge in [0.05, 0.1) is 0 Å². The molecule has 1 aliphatic rings. The van der Waals surface area contributed by atoms with Crippen LogP contribution in [0, 0.1) is 0 Å². The molecule has 1 atom stereocenters. The fraction of sp³-hybridized carbons (Fsp3) is 0.227. The highest BCUT2D eigenvalue weighted by Gasteiger charge is 2.24. The standard InChI is InChI=1S/C22H20ClNO3S/c1-15(11-19-3-2-10-28-19)24(13-16-4-7-18(23)8-5-16)22(25)17-6-9-20-21(12-17)27-14-26-20/h2-10,12,15H,11,13-14H2,1H3. The Morgan fingerprint density at radius 2 is 1.93 bits per heavy atom. The molecule has 0 aliphatic carbocycles. The van der Waals surface area contributed by atoms with E-state index in [1.54, 1.807) is 29.5 Å². The van der Waals surface area contributed by atoms with E-state index in [2.05, 4.69) is 18.4 Å². The predicted octanol–water partition coefficient (Wildman–Crippen LogP) is 5.40. The highest BCUT2D eigenvalue weighted by Crippen LogP contribution is 2.33. The number of nitrogens with zero attached hydrogens (tertiary/aromatic N) is 1. The number of carbonyl (C=O) groups is 1. The topological polar surface area (TPSA) is 38.8 Å². The third-order valence-corrected chi connectivity index (χ3v) is 5.91. The smallest absolute Gasteiger partial charge is 0.254 e. The molecule has 4 rings (SSSR count). The third kappa shape index (κ3) is 4.16. The van der Waals surface area contributed by atoms with Gasteiger partial charge in [-0.15, -0.1) is 11.3 Å². The molecule has 0 saturated carbocycles. The molecule has 0 N–H and O–H groups in total. The van der Waals surface area contributed by atoms with Crippen LogP contribution in [0.3, 0.4) is 0 Å². The van der Waals surface area contributed by atoms with Crippen molar-refractivity contribution in [3.05, 3.63) is 81.0 Å². The minimum absolute atomic E-state index is 0.0303. The molecule has 144 valence electrons. The first-order valence-electron chi connectivity index (χ1n) is 9.07. The molecule has 0 bridgehead atoms. The van der Waals surface area contributed by atoms with Crippen LogP contribution in [0.15, 0.2) is 60.0 Å². The van der Waals surface area contributed by atoms with Crippen LogP contribution in [0.5, 0.6) is 11.5 Å². The summed E-state index contributed by atoms with van der Waals surface area (Å²) in [7, 11) is 0. The highest BCUT2D eigenvalue weighted by molar-refractivity contribution is 7.09. The first-order chi connectivity index (χ1) is 13.6. The molecule has 0 saturated heterocycles. The monoisotopic (exact) mass is 413 g/mol. The Bertz CT molecular complexity index is 956. The third-order valence-electron chi connectivity index (χ3n) is 4.76. The number of ether oxygens (including phenoxy) is 2. The molecule has 4 nitrogen and oxygen atoms in total. The Kier molecular flexibility index (Phi) is 5.55. The summed E-state index contributed by atoms with van der Waals surface area (Å²) in [6.45, 7) is 2.79. The summed E-state index contributed by atoms with van der Waals surface area (Å²) in [6.07, 6.45) is 0.807. The quantitative estimate of drug-likeness (QED) is 0.542. The van der Waals surface area contributed by atoms with Gasteiger partial charge in [-0.2, -0.15) is 0 Å². The van der Waals surface area contributed by atoms with Crippen LogP contribution in [-0.2, 0) is 13.0 Å². The maximum absolute atomic E-state index is 13.4. The Morgan fingerprint density at radius 1 is 1.14 bits per heavy atom. The van der Waals surface area contributed by atoms with Crippen LogP contribution in [0.1, 0.15) is 27.7 Å². The number of hydrogen-bond acceptors (Lipinski definition) is 4. The van der Waals surface area contributed by atoms with Crippen LogP contribution in [0.2, 0.25) is 5.02 Å². The number of fused-ring (bicyclic) bond motifs is 1. The molecule has 0 fully saturated rings. The van der Waals surface area contributed by atoms with Gasteiger partial charge in [0.1, 0.15) is 0 Å². The molecule has 28 heavy (non-hydrogen) atoms. The highest BCUT2D eigenvalue weighted by atomic mass is 35.5. The number of amides is 1. The molecule has 3 aromatic rings. The summed E-state index contributed by atoms with van der Waals surface area (Å²) in [4.78, 5) is 16.6. The minimum atomic E-state index is -0.0303. The molecule has 1 unspecified atom stereocenters. The van der Waals surface area contributed by atoms with Gasteiger partial charge in [0, 0.05) is 34.5 Å². The van der Waals surface area contributed by atoms with Crippen molar-refractivity contribution in [2.45, 2.75) is 25.9 Å². The molecule has 1 aromatic heterocycles. The maximum atomic E-state index is 13.4. The second kappa shape index (κ2) is 8.25. The predicted molar refractivity (Wildman–Crippen MR) is 111 cm³/mol. The summed E-state index contributed by atoms with van der Waals surface area (Å²) in [5.41, 5.74) is 1.63. The van der Waals surface area contributed by atoms with E-state index in [9.17, 15) is 4.79 Å². The van der Waals surface area contributed by atoms with Crippen molar-refractivity contribution >= 4 is 28.8 Å². The molecule has 2 aromatic carbocycles. The summed E-state index contributed by atoms with van der Waals surface area (Å²) in [5.74, 6) is 1.26. The van der Waals surface area contributed by atoms with Gasteiger partial charge in [0.15, 0.2) is 11.5 Å². The SMILES string of the molecule is CC(Cc1cccs1)N(Cc1ccc(Cl)cc1)C(=O)c1ccc2c(c1)OCO2. The van der Waals surface area contributed by atoms with Gasteiger partial charge in [0.2, 0.25) is 6.79 Å². The van der Waals surface area contributed by atoms with Crippen molar-refractivity contribution in [2.24, 2.45) is 0 Å². The van der Waals surface area contributed by atoms with Gasteiger partial charge in [-0.3, -0.25) is 4.79 Å². The average Bonchev–Trinajstić information content (AvgIpc) is 3.38. The number of benzene rings is 2. The van der Waals surface area contributed by atoms with Crippen LogP contribution in [0.4, 0.5) is 0 Å². The molecule has 0 radical (unpaired) electrons. The van der Waals surface area contributed by atoms with Crippen LogP contribution in [0.25, 0.3) is 0 Å². The summed E-state index contributed by atoms with van der Waals surface area (Å²) >= 11 is 7.72. The van der Waals surface area contributed by atoms with E-state index >= 15 is 0 Å². The fourth-order valence-electron chi connectivity index (χ4n) is 3.24. The zero-order valence-corrected chi connectivity index (χ0v) is 17.0. The Balaban J connectivity index is 1.60. The van der Waals surface area contributed by atoms with Gasteiger partial charge in [-0.05, 0) is 54.3 Å². The van der Waals surface area contributed by atoms with E-state index in [0.717, 1.165) is 12.0 Å². The minimum Gasteiger partial charge on any atom is -0.454 e. The van der Waals surface area contributed by atoms with E-state index in [0.29, 0.717) is 28.6 Å². The van der Waals surface area contributed by atoms with Crippen LogP contribution < -0.4 is 9.47 Å². The second-order valence-electron chi connectivity index (χ2n) is 6.76. The number of hydrogen-bond donors (Lipinski definition) is 0. The Morgan fingerprint density at radius 3 is 2.68 bits per heavy atom. The van der Waals surface area contributed by atoms with Crippen molar-refractivity contribution in [1.29, 1.82) is 0 Å². The fourth-order valence-corrected chi connectivity index (χ4v) is 4.19. The van der Waals surface area contributed by atoms with Gasteiger partial charge >= 0.3 is 0 Å². The summed E-state index contributed by atoms with van der Waals surface area (Å²) in [5, 5.41) is 2.75. The lowest BCUT2D eigenvalue weighted by Crippen LogP contribution is -2.39. The summed E-state index contributed by atoms with van der Waals surface area (Å²) < 4.78 is 10.8. The Hall–Kier alpha value is -2.50. The lowest BCUT2D eigenvalue weighted by atomic mass is 10.1. The van der Waals surface area contributed by atoms with Gasteiger partial charge in [0.25, 0.3) is 5.91 Å². The van der Waals surface area contributed by atoms with E-state index in [-0.39, 0.29) is 18.7 Å². The normalized spacial score (nSPS) is 13.4. The van der Waals surface area contributed by atoms with Crippen molar-refractivity contribution in [3.8, 4) is 11.5 Å². The van der Waals surface area contributed by atoms with Crippen molar-refractivity contribution in [1.82, 2.24) is 4.90 Å². The second-order valence-corrected chi connectivity index (χ2v) is 8.23. The van der Waals surface area contributed by atoms with E-state index < -0.39 is 0 Å². The summed E-state index contributed by atoms with van der Waals surface area (Å²) in [6, 6.07) is 17.1. The molecule has 2 heterocycles. The molecule has 1 amide bonds. The number of halogens is 1. The molecular formula is C22H20ClNO3S. The zero-order valence-electron chi connectivity index (χ0n) is 15.4. The lowest BCUT2D eigenvalue weighted by Gasteiger charge is -2.29. The molecule has 1 aliphatic heterocycles. The van der Waals surface area contributed by atoms with Crippen molar-refractivity contribution in [2.75, 3.05) is 6.79 Å². The van der Waals surface area contributed by atoms with Crippen LogP contribution in [-0.4, -0.2) is 23.6 Å². The number of carbonyl (C=O) groups excluding carboxylic acids is 1. The van der Waals surface area contributed by atoms with E-state index in [1.807, 2.05) is 35.2 Å². The largest absolute Gasteiger partial charge is 0.454 e. The maximum Gasteiger partial charge on any atom is 0.254 e. The van der Waals surface area contributed by atoms with Gasteiger partial charge < -0.3 is 14.4 Å². The van der Waals surface area contributed by atoms with Crippen molar-refractivity contribution < 1.29 is 14.3 Å². The first-order valence-corrected chi connectivity index (χ1v) is 10.3. The molecule has 0 spiro atoms. The van der Waals surface area contributed by atoms with E-state index in [1.165, 1.54) is 4.88 Å². The van der Waals surface area contributed by atoms with Crippen LogP contribution >= 0.6 is 22.9 Å². The average molecular weight is 414 g/mol. The lowest BCUT2D eigenvalue weighted by molar-refractivity contribution is 0.0675. The van der Waals surface area contributed by atoms with Gasteiger partial charge in [-0.25, -0.2) is 0 Å². The number of thiophene rings is 1. The molecule has 6 heteroatoms. The molecular weight excluding hydrogens is 394 g/mol. The van der Waals surface area contributed by atoms with Crippen molar-refractivity contribution in [3.63, 3.8) is 0 Å². The Labute approximate surface area is 173 Å². The van der Waals surface area contributed by atoms with Gasteiger partial charge in [-0.1, -0.05) is 29.8 Å². The number of rotatable bonds is 6. The first kappa shape index (κ1) is 18.8. The van der Waals surface area contributed by atoms with E-state index in [4.69, 9.17) is 21.1 Å².